The van der Waals surface area contributed by atoms with Crippen LogP contribution in [0.15, 0.2) is 0 Å². The van der Waals surface area contributed by atoms with Gasteiger partial charge in [0.05, 0.1) is 12.5 Å². The highest BCUT2D eigenvalue weighted by Gasteiger charge is 2.57. The fraction of sp³-hybridized carbons (Fsp3) is 1.00. The lowest BCUT2D eigenvalue weighted by molar-refractivity contribution is -0.286. The predicted octanol–water partition coefficient (Wildman–Crippen LogP) is 4.32. The summed E-state index contributed by atoms with van der Waals surface area (Å²) in [6.07, 6.45) is -16.4. The van der Waals surface area contributed by atoms with Gasteiger partial charge in [0.1, 0.15) is 0 Å². The van der Waals surface area contributed by atoms with Crippen molar-refractivity contribution < 1.29 is 39.9 Å². The van der Waals surface area contributed by atoms with Gasteiger partial charge in [0.2, 0.25) is 0 Å². The SMILES string of the molecule is CCOC(CCC(F)(F)C(F)(F)F)CC(F)(F)F. The zero-order chi connectivity index (χ0) is 14.6. The monoisotopic (exact) mass is 288 g/mol. The van der Waals surface area contributed by atoms with Crippen molar-refractivity contribution in [3.63, 3.8) is 0 Å². The van der Waals surface area contributed by atoms with E-state index in [1.165, 1.54) is 6.92 Å². The first kappa shape index (κ1) is 17.4. The van der Waals surface area contributed by atoms with Crippen molar-refractivity contribution >= 4 is 0 Å². The number of hydrogen-bond acceptors (Lipinski definition) is 1. The summed E-state index contributed by atoms with van der Waals surface area (Å²) in [4.78, 5) is 0. The smallest absolute Gasteiger partial charge is 0.378 e. The Morgan fingerprint density at radius 1 is 0.944 bits per heavy atom. The summed E-state index contributed by atoms with van der Waals surface area (Å²) >= 11 is 0. The molecule has 0 aromatic heterocycles. The predicted molar refractivity (Wildman–Crippen MR) is 46.3 cm³/mol. The standard InChI is InChI=1S/C9H12F8O/c1-2-18-6(5-8(12,13)14)3-4-7(10,11)9(15,16)17/h6H,2-5H2,1H3. The minimum Gasteiger partial charge on any atom is -0.378 e. The summed E-state index contributed by atoms with van der Waals surface area (Å²) < 4.78 is 101. The van der Waals surface area contributed by atoms with E-state index in [0.29, 0.717) is 0 Å². The van der Waals surface area contributed by atoms with Crippen molar-refractivity contribution in [3.8, 4) is 0 Å². The number of alkyl halides is 8. The molecule has 0 radical (unpaired) electrons. The van der Waals surface area contributed by atoms with Crippen LogP contribution in [0.5, 0.6) is 0 Å². The highest BCUT2D eigenvalue weighted by atomic mass is 19.4. The highest BCUT2D eigenvalue weighted by molar-refractivity contribution is 4.78. The fourth-order valence-corrected chi connectivity index (χ4v) is 1.22. The van der Waals surface area contributed by atoms with Crippen molar-refractivity contribution in [1.82, 2.24) is 0 Å². The molecule has 1 nitrogen and oxygen atoms in total. The molecule has 0 amide bonds. The molecular weight excluding hydrogens is 276 g/mol. The second kappa shape index (κ2) is 6.03. The lowest BCUT2D eigenvalue weighted by Crippen LogP contribution is -2.37. The molecule has 0 heterocycles. The number of hydrogen-bond donors (Lipinski definition) is 0. The van der Waals surface area contributed by atoms with Gasteiger partial charge in [-0.1, -0.05) is 0 Å². The Morgan fingerprint density at radius 3 is 1.78 bits per heavy atom. The normalized spacial score (nSPS) is 15.8. The van der Waals surface area contributed by atoms with E-state index in [0.717, 1.165) is 0 Å². The largest absolute Gasteiger partial charge is 0.453 e. The van der Waals surface area contributed by atoms with Crippen LogP contribution < -0.4 is 0 Å². The molecule has 0 aliphatic heterocycles. The summed E-state index contributed by atoms with van der Waals surface area (Å²) in [6, 6.07) is 0. The van der Waals surface area contributed by atoms with Crippen LogP contribution in [0.4, 0.5) is 35.1 Å². The second-order valence-electron chi connectivity index (χ2n) is 3.64. The van der Waals surface area contributed by atoms with E-state index in [1.54, 1.807) is 0 Å². The van der Waals surface area contributed by atoms with Crippen LogP contribution in [-0.2, 0) is 4.74 Å². The average molecular weight is 288 g/mol. The summed E-state index contributed by atoms with van der Waals surface area (Å²) in [5.74, 6) is -5.01. The van der Waals surface area contributed by atoms with Crippen LogP contribution in [0.3, 0.4) is 0 Å². The molecule has 0 aliphatic rings. The van der Waals surface area contributed by atoms with Crippen molar-refractivity contribution in [2.75, 3.05) is 6.61 Å². The zero-order valence-corrected chi connectivity index (χ0v) is 9.34. The molecule has 18 heavy (non-hydrogen) atoms. The van der Waals surface area contributed by atoms with Crippen LogP contribution in [0, 0.1) is 0 Å². The van der Waals surface area contributed by atoms with Gasteiger partial charge in [0.25, 0.3) is 0 Å². The topological polar surface area (TPSA) is 9.23 Å². The maximum Gasteiger partial charge on any atom is 0.453 e. The Morgan fingerprint density at radius 2 is 1.44 bits per heavy atom. The third-order valence-corrected chi connectivity index (χ3v) is 2.06. The third-order valence-electron chi connectivity index (χ3n) is 2.06. The molecule has 0 aromatic rings. The Balaban J connectivity index is 4.44. The molecule has 0 aromatic carbocycles. The van der Waals surface area contributed by atoms with Crippen molar-refractivity contribution in [3.05, 3.63) is 0 Å². The second-order valence-corrected chi connectivity index (χ2v) is 3.64. The van der Waals surface area contributed by atoms with Crippen molar-refractivity contribution in [2.24, 2.45) is 0 Å². The number of rotatable bonds is 6. The third kappa shape index (κ3) is 6.36. The molecule has 0 bridgehead atoms. The first-order valence-corrected chi connectivity index (χ1v) is 5.02. The highest BCUT2D eigenvalue weighted by Crippen LogP contribution is 2.40. The van der Waals surface area contributed by atoms with Gasteiger partial charge in [0.15, 0.2) is 0 Å². The number of ether oxygens (including phenoxy) is 1. The van der Waals surface area contributed by atoms with E-state index in [1.807, 2.05) is 0 Å². The molecule has 1 atom stereocenters. The summed E-state index contributed by atoms with van der Waals surface area (Å²) in [7, 11) is 0. The van der Waals surface area contributed by atoms with Crippen LogP contribution in [-0.4, -0.2) is 31.0 Å². The van der Waals surface area contributed by atoms with Gasteiger partial charge in [-0.25, -0.2) is 0 Å². The Bertz CT molecular complexity index is 244. The summed E-state index contributed by atoms with van der Waals surface area (Å²) in [6.45, 7) is 1.13. The van der Waals surface area contributed by atoms with Crippen molar-refractivity contribution in [2.45, 2.75) is 50.6 Å². The maximum atomic E-state index is 12.5. The van der Waals surface area contributed by atoms with E-state index in [9.17, 15) is 35.1 Å². The van der Waals surface area contributed by atoms with Gasteiger partial charge in [-0.15, -0.1) is 0 Å². The quantitative estimate of drug-likeness (QED) is 0.661. The van der Waals surface area contributed by atoms with Gasteiger partial charge in [-0.2, -0.15) is 35.1 Å². The lowest BCUT2D eigenvalue weighted by Gasteiger charge is -2.23. The molecule has 0 fully saturated rings. The molecule has 0 aliphatic carbocycles. The van der Waals surface area contributed by atoms with Crippen LogP contribution >= 0.6 is 0 Å². The molecule has 0 saturated heterocycles. The van der Waals surface area contributed by atoms with Crippen LogP contribution in [0.25, 0.3) is 0 Å². The molecule has 1 unspecified atom stereocenters. The fourth-order valence-electron chi connectivity index (χ4n) is 1.22. The minimum atomic E-state index is -5.76. The van der Waals surface area contributed by atoms with Gasteiger partial charge in [-0.3, -0.25) is 0 Å². The molecule has 0 rings (SSSR count). The lowest BCUT2D eigenvalue weighted by atomic mass is 10.1. The van der Waals surface area contributed by atoms with E-state index < -0.39 is 43.6 Å². The van der Waals surface area contributed by atoms with Crippen molar-refractivity contribution in [1.29, 1.82) is 0 Å². The van der Waals surface area contributed by atoms with E-state index in [4.69, 9.17) is 0 Å². The molecule has 110 valence electrons. The zero-order valence-electron chi connectivity index (χ0n) is 9.34. The van der Waals surface area contributed by atoms with E-state index in [-0.39, 0.29) is 6.61 Å². The molecule has 0 N–H and O–H groups in total. The summed E-state index contributed by atoms with van der Waals surface area (Å²) in [5.41, 5.74) is 0. The Kier molecular flexibility index (Phi) is 5.83. The first-order chi connectivity index (χ1) is 7.89. The van der Waals surface area contributed by atoms with Crippen LogP contribution in [0.1, 0.15) is 26.2 Å². The molecule has 9 heteroatoms. The van der Waals surface area contributed by atoms with Gasteiger partial charge in [-0.05, 0) is 13.3 Å². The first-order valence-electron chi connectivity index (χ1n) is 5.02. The molecule has 0 spiro atoms. The van der Waals surface area contributed by atoms with Crippen LogP contribution in [0.2, 0.25) is 0 Å². The van der Waals surface area contributed by atoms with E-state index >= 15 is 0 Å². The average Bonchev–Trinajstić information content (AvgIpc) is 2.10. The van der Waals surface area contributed by atoms with E-state index in [2.05, 4.69) is 4.74 Å². The Labute approximate surface area is 98.1 Å². The Hall–Kier alpha value is -0.600. The number of halogens is 8. The maximum absolute atomic E-state index is 12.5. The molecule has 0 saturated carbocycles. The van der Waals surface area contributed by atoms with Gasteiger partial charge < -0.3 is 4.74 Å². The van der Waals surface area contributed by atoms with Gasteiger partial charge in [0, 0.05) is 13.0 Å². The molecular formula is C9H12F8O. The van der Waals surface area contributed by atoms with Gasteiger partial charge >= 0.3 is 18.3 Å². The summed E-state index contributed by atoms with van der Waals surface area (Å²) in [5, 5.41) is 0. The minimum absolute atomic E-state index is 0.196.